The van der Waals surface area contributed by atoms with Gasteiger partial charge in [0.1, 0.15) is 11.3 Å². The summed E-state index contributed by atoms with van der Waals surface area (Å²) >= 11 is 0. The lowest BCUT2D eigenvalue weighted by atomic mass is 9.96. The number of ether oxygens (including phenoxy) is 1. The third-order valence-corrected chi connectivity index (χ3v) is 4.68. The number of benzene rings is 1. The molecule has 0 spiro atoms. The highest BCUT2D eigenvalue weighted by Crippen LogP contribution is 2.32. The van der Waals surface area contributed by atoms with Gasteiger partial charge < -0.3 is 15.0 Å². The van der Waals surface area contributed by atoms with Gasteiger partial charge in [-0.2, -0.15) is 0 Å². The lowest BCUT2D eigenvalue weighted by molar-refractivity contribution is -0.141. The second-order valence-corrected chi connectivity index (χ2v) is 6.39. The second-order valence-electron chi connectivity index (χ2n) is 6.39. The average molecular weight is 318 g/mol. The highest BCUT2D eigenvalue weighted by Gasteiger charge is 2.47. The van der Waals surface area contributed by atoms with Gasteiger partial charge in [0.15, 0.2) is 0 Å². The van der Waals surface area contributed by atoms with Gasteiger partial charge in [0.25, 0.3) is 0 Å². The number of hydrogen-bond acceptors (Lipinski definition) is 3. The first kappa shape index (κ1) is 17.3. The van der Waals surface area contributed by atoms with Crippen molar-refractivity contribution >= 4 is 11.8 Å². The van der Waals surface area contributed by atoms with Crippen molar-refractivity contribution in [2.45, 2.75) is 58.2 Å². The van der Waals surface area contributed by atoms with Gasteiger partial charge in [-0.25, -0.2) is 0 Å². The van der Waals surface area contributed by atoms with Crippen molar-refractivity contribution < 1.29 is 14.3 Å². The van der Waals surface area contributed by atoms with E-state index in [1.807, 2.05) is 45.0 Å². The van der Waals surface area contributed by atoms with Crippen molar-refractivity contribution in [1.29, 1.82) is 0 Å². The van der Waals surface area contributed by atoms with E-state index in [1.54, 1.807) is 12.0 Å². The molecule has 0 aliphatic carbocycles. The van der Waals surface area contributed by atoms with Crippen LogP contribution in [0, 0.1) is 0 Å². The minimum Gasteiger partial charge on any atom is -0.497 e. The number of likely N-dealkylation sites (tertiary alicyclic amines) is 1. The van der Waals surface area contributed by atoms with E-state index in [-0.39, 0.29) is 17.9 Å². The Hall–Kier alpha value is -2.04. The van der Waals surface area contributed by atoms with Gasteiger partial charge in [0, 0.05) is 19.0 Å². The third kappa shape index (κ3) is 3.66. The van der Waals surface area contributed by atoms with Crippen LogP contribution in [0.15, 0.2) is 24.3 Å². The molecule has 1 aromatic rings. The first-order valence-electron chi connectivity index (χ1n) is 8.15. The summed E-state index contributed by atoms with van der Waals surface area (Å²) in [6.07, 6.45) is 1.83. The fourth-order valence-corrected chi connectivity index (χ4v) is 2.83. The molecule has 1 aromatic carbocycles. The van der Waals surface area contributed by atoms with Crippen LogP contribution < -0.4 is 10.1 Å². The first-order chi connectivity index (χ1) is 10.9. The Kier molecular flexibility index (Phi) is 5.29. The van der Waals surface area contributed by atoms with Crippen LogP contribution in [0.25, 0.3) is 0 Å². The molecule has 2 atom stereocenters. The zero-order chi connectivity index (χ0) is 17.0. The maximum Gasteiger partial charge on any atom is 0.245 e. The van der Waals surface area contributed by atoms with Gasteiger partial charge in [-0.15, -0.1) is 0 Å². The summed E-state index contributed by atoms with van der Waals surface area (Å²) in [6.45, 7) is 6.28. The number of nitrogens with one attached hydrogen (secondary N) is 1. The van der Waals surface area contributed by atoms with E-state index in [1.165, 1.54) is 0 Å². The Morgan fingerprint density at radius 1 is 1.48 bits per heavy atom. The molecule has 0 saturated carbocycles. The maximum absolute atomic E-state index is 12.7. The van der Waals surface area contributed by atoms with Crippen LogP contribution in [-0.4, -0.2) is 35.4 Å². The zero-order valence-corrected chi connectivity index (χ0v) is 14.4. The first-order valence-corrected chi connectivity index (χ1v) is 8.15. The lowest BCUT2D eigenvalue weighted by Gasteiger charge is -2.35. The predicted octanol–water partition coefficient (Wildman–Crippen LogP) is 2.49. The second kappa shape index (κ2) is 7.02. The lowest BCUT2D eigenvalue weighted by Crippen LogP contribution is -2.55. The van der Waals surface area contributed by atoms with Crippen molar-refractivity contribution in [3.63, 3.8) is 0 Å². The molecule has 0 bridgehead atoms. The molecule has 2 unspecified atom stereocenters. The highest BCUT2D eigenvalue weighted by molar-refractivity contribution is 5.94. The van der Waals surface area contributed by atoms with Crippen molar-refractivity contribution in [3.8, 4) is 5.75 Å². The van der Waals surface area contributed by atoms with Crippen LogP contribution >= 0.6 is 0 Å². The molecule has 1 aliphatic heterocycles. The zero-order valence-electron chi connectivity index (χ0n) is 14.4. The smallest absolute Gasteiger partial charge is 0.245 e. The minimum absolute atomic E-state index is 0.0228. The van der Waals surface area contributed by atoms with Gasteiger partial charge in [-0.1, -0.05) is 19.1 Å². The molecule has 1 fully saturated rings. The third-order valence-electron chi connectivity index (χ3n) is 4.68. The molecule has 1 aliphatic rings. The van der Waals surface area contributed by atoms with Gasteiger partial charge in [-0.05, 0) is 44.4 Å². The van der Waals surface area contributed by atoms with E-state index in [9.17, 15) is 9.59 Å². The summed E-state index contributed by atoms with van der Waals surface area (Å²) in [5.74, 6) is 0.704. The molecular weight excluding hydrogens is 292 g/mol. The molecular formula is C18H26N2O3. The summed E-state index contributed by atoms with van der Waals surface area (Å²) in [5, 5.41) is 3.01. The highest BCUT2D eigenvalue weighted by atomic mass is 16.5. The molecule has 2 amide bonds. The average Bonchev–Trinajstić information content (AvgIpc) is 2.84. The van der Waals surface area contributed by atoms with Crippen molar-refractivity contribution in [1.82, 2.24) is 10.2 Å². The summed E-state index contributed by atoms with van der Waals surface area (Å²) in [7, 11) is 1.61. The molecule has 0 aromatic heterocycles. The normalized spacial score (nSPS) is 22.1. The number of methoxy groups -OCH3 is 1. The van der Waals surface area contributed by atoms with E-state index in [0.717, 1.165) is 17.7 Å². The largest absolute Gasteiger partial charge is 0.497 e. The molecule has 1 saturated heterocycles. The monoisotopic (exact) mass is 318 g/mol. The fraction of sp³-hybridized carbons (Fsp3) is 0.556. The number of nitrogens with zero attached hydrogens (tertiary/aromatic N) is 1. The number of amides is 2. The molecule has 2 rings (SSSR count). The number of carbonyl (C=O) groups excluding carboxylic acids is 2. The standard InChI is InChI=1S/C18H26N2O3/c1-5-13(2)19-17(22)18(3)10-9-16(21)20(18)12-14-7-6-8-15(11-14)23-4/h6-8,11,13H,5,9-10,12H2,1-4H3,(H,19,22). The fourth-order valence-electron chi connectivity index (χ4n) is 2.83. The van der Waals surface area contributed by atoms with Gasteiger partial charge in [0.05, 0.1) is 7.11 Å². The van der Waals surface area contributed by atoms with Crippen LogP contribution in [-0.2, 0) is 16.1 Å². The Balaban J connectivity index is 2.19. The Bertz CT molecular complexity index is 587. The van der Waals surface area contributed by atoms with Crippen LogP contribution in [0.1, 0.15) is 45.6 Å². The van der Waals surface area contributed by atoms with E-state index in [4.69, 9.17) is 4.74 Å². The molecule has 1 heterocycles. The topological polar surface area (TPSA) is 58.6 Å². The van der Waals surface area contributed by atoms with Crippen molar-refractivity contribution in [2.75, 3.05) is 7.11 Å². The Morgan fingerprint density at radius 3 is 2.87 bits per heavy atom. The Morgan fingerprint density at radius 2 is 2.22 bits per heavy atom. The van der Waals surface area contributed by atoms with Crippen molar-refractivity contribution in [3.05, 3.63) is 29.8 Å². The van der Waals surface area contributed by atoms with Crippen LogP contribution in [0.4, 0.5) is 0 Å². The van der Waals surface area contributed by atoms with Crippen LogP contribution in [0.3, 0.4) is 0 Å². The predicted molar refractivity (Wildman–Crippen MR) is 89.1 cm³/mol. The summed E-state index contributed by atoms with van der Waals surface area (Å²) in [6, 6.07) is 7.71. The van der Waals surface area contributed by atoms with E-state index < -0.39 is 5.54 Å². The van der Waals surface area contributed by atoms with Crippen molar-refractivity contribution in [2.24, 2.45) is 0 Å². The maximum atomic E-state index is 12.7. The van der Waals surface area contributed by atoms with E-state index in [2.05, 4.69) is 5.32 Å². The number of hydrogen-bond donors (Lipinski definition) is 1. The Labute approximate surface area is 138 Å². The van der Waals surface area contributed by atoms with Gasteiger partial charge >= 0.3 is 0 Å². The van der Waals surface area contributed by atoms with E-state index in [0.29, 0.717) is 19.4 Å². The molecule has 5 nitrogen and oxygen atoms in total. The molecule has 126 valence electrons. The minimum atomic E-state index is -0.788. The van der Waals surface area contributed by atoms with Crippen LogP contribution in [0.5, 0.6) is 5.75 Å². The van der Waals surface area contributed by atoms with Gasteiger partial charge in [0.2, 0.25) is 11.8 Å². The summed E-state index contributed by atoms with van der Waals surface area (Å²) in [5.41, 5.74) is 0.172. The number of rotatable bonds is 6. The van der Waals surface area contributed by atoms with Gasteiger partial charge in [-0.3, -0.25) is 9.59 Å². The summed E-state index contributed by atoms with van der Waals surface area (Å²) < 4.78 is 5.23. The molecule has 0 radical (unpaired) electrons. The quantitative estimate of drug-likeness (QED) is 0.876. The number of carbonyl (C=O) groups is 2. The van der Waals surface area contributed by atoms with E-state index >= 15 is 0 Å². The summed E-state index contributed by atoms with van der Waals surface area (Å²) in [4.78, 5) is 26.7. The SMILES string of the molecule is CCC(C)NC(=O)C1(C)CCC(=O)N1Cc1cccc(OC)c1. The van der Waals surface area contributed by atoms with Crippen LogP contribution in [0.2, 0.25) is 0 Å². The molecule has 5 heteroatoms. The molecule has 23 heavy (non-hydrogen) atoms. The molecule has 1 N–H and O–H groups in total.